The molecule has 0 aliphatic carbocycles. The number of benzene rings is 2. The minimum absolute atomic E-state index is 0.109. The van der Waals surface area contributed by atoms with E-state index in [1.165, 1.54) is 11.1 Å². The van der Waals surface area contributed by atoms with E-state index in [0.717, 1.165) is 18.7 Å². The number of hydrogen-bond donors (Lipinski definition) is 2. The van der Waals surface area contributed by atoms with E-state index in [1.807, 2.05) is 24.3 Å². The van der Waals surface area contributed by atoms with Crippen molar-refractivity contribution in [3.05, 3.63) is 59.7 Å². The van der Waals surface area contributed by atoms with E-state index in [9.17, 15) is 4.79 Å². The van der Waals surface area contributed by atoms with Crippen LogP contribution in [-0.2, 0) is 17.8 Å². The van der Waals surface area contributed by atoms with Crippen LogP contribution in [0.1, 0.15) is 18.1 Å². The molecule has 2 aromatic carbocycles. The summed E-state index contributed by atoms with van der Waals surface area (Å²) in [5.74, 6) is 0.146. The molecule has 0 radical (unpaired) electrons. The summed E-state index contributed by atoms with van der Waals surface area (Å²) in [6, 6.07) is 15.9. The molecule has 0 aromatic heterocycles. The molecule has 0 atom stereocenters. The van der Waals surface area contributed by atoms with Crippen molar-refractivity contribution in [3.8, 4) is 5.75 Å². The average Bonchev–Trinajstić information content (AvgIpc) is 2.51. The summed E-state index contributed by atoms with van der Waals surface area (Å²) in [6.07, 6.45) is 1.01. The van der Waals surface area contributed by atoms with Crippen LogP contribution >= 0.6 is 0 Å². The topological polar surface area (TPSA) is 64.3 Å². The van der Waals surface area contributed by atoms with Gasteiger partial charge in [-0.25, -0.2) is 0 Å². The highest BCUT2D eigenvalue weighted by Crippen LogP contribution is 2.19. The molecule has 0 heterocycles. The van der Waals surface area contributed by atoms with Crippen molar-refractivity contribution < 1.29 is 9.53 Å². The number of rotatable bonds is 7. The van der Waals surface area contributed by atoms with Crippen molar-refractivity contribution in [3.63, 3.8) is 0 Å². The Kier molecular flexibility index (Phi) is 5.21. The van der Waals surface area contributed by atoms with E-state index in [0.29, 0.717) is 5.75 Å². The van der Waals surface area contributed by atoms with Crippen LogP contribution < -0.4 is 15.8 Å². The Morgan fingerprint density at radius 3 is 2.62 bits per heavy atom. The van der Waals surface area contributed by atoms with Crippen LogP contribution in [0.15, 0.2) is 48.5 Å². The zero-order chi connectivity index (χ0) is 15.1. The molecule has 21 heavy (non-hydrogen) atoms. The predicted octanol–water partition coefficient (Wildman–Crippen LogP) is 2.73. The number of ether oxygens (including phenoxy) is 1. The quantitative estimate of drug-likeness (QED) is 0.821. The Hall–Kier alpha value is -2.49. The van der Waals surface area contributed by atoms with Crippen molar-refractivity contribution in [1.82, 2.24) is 0 Å². The largest absolute Gasteiger partial charge is 0.484 e. The molecule has 0 aliphatic heterocycles. The summed E-state index contributed by atoms with van der Waals surface area (Å²) in [4.78, 5) is 10.7. The molecule has 0 spiro atoms. The van der Waals surface area contributed by atoms with Crippen LogP contribution in [-0.4, -0.2) is 12.5 Å². The third kappa shape index (κ3) is 4.53. The lowest BCUT2D eigenvalue weighted by Crippen LogP contribution is -2.20. The first-order valence-electron chi connectivity index (χ1n) is 7.01. The van der Waals surface area contributed by atoms with Crippen LogP contribution in [0.25, 0.3) is 0 Å². The first-order valence-corrected chi connectivity index (χ1v) is 7.01. The zero-order valence-electron chi connectivity index (χ0n) is 12.1. The molecule has 3 N–H and O–H groups in total. The maximum atomic E-state index is 10.7. The van der Waals surface area contributed by atoms with Crippen LogP contribution in [0.5, 0.6) is 5.75 Å². The average molecular weight is 284 g/mol. The number of anilines is 1. The molecule has 4 heteroatoms. The normalized spacial score (nSPS) is 10.1. The maximum Gasteiger partial charge on any atom is 0.255 e. The van der Waals surface area contributed by atoms with E-state index < -0.39 is 5.91 Å². The molecule has 110 valence electrons. The van der Waals surface area contributed by atoms with E-state index in [2.05, 4.69) is 30.4 Å². The lowest BCUT2D eigenvalue weighted by Gasteiger charge is -2.11. The number of nitrogens with two attached hydrogens (primary N) is 1. The summed E-state index contributed by atoms with van der Waals surface area (Å²) < 4.78 is 5.29. The van der Waals surface area contributed by atoms with Gasteiger partial charge in [0.2, 0.25) is 0 Å². The van der Waals surface area contributed by atoms with Gasteiger partial charge in [-0.1, -0.05) is 37.3 Å². The first kappa shape index (κ1) is 14.9. The van der Waals surface area contributed by atoms with Crippen molar-refractivity contribution >= 4 is 11.6 Å². The third-order valence-corrected chi connectivity index (χ3v) is 3.20. The summed E-state index contributed by atoms with van der Waals surface area (Å²) in [5.41, 5.74) is 8.63. The minimum atomic E-state index is -0.481. The lowest BCUT2D eigenvalue weighted by molar-refractivity contribution is -0.119. The van der Waals surface area contributed by atoms with Gasteiger partial charge in [0.05, 0.1) is 0 Å². The molecule has 0 fully saturated rings. The Bertz CT molecular complexity index is 611. The van der Waals surface area contributed by atoms with Crippen LogP contribution in [0, 0.1) is 0 Å². The second-order valence-corrected chi connectivity index (χ2v) is 4.76. The summed E-state index contributed by atoms with van der Waals surface area (Å²) >= 11 is 0. The minimum Gasteiger partial charge on any atom is -0.484 e. The number of amides is 1. The van der Waals surface area contributed by atoms with Crippen molar-refractivity contribution in [2.45, 2.75) is 19.9 Å². The number of hydrogen-bond acceptors (Lipinski definition) is 3. The van der Waals surface area contributed by atoms with Gasteiger partial charge in [0.15, 0.2) is 6.61 Å². The fourth-order valence-electron chi connectivity index (χ4n) is 2.12. The van der Waals surface area contributed by atoms with E-state index in [-0.39, 0.29) is 6.61 Å². The lowest BCUT2D eigenvalue weighted by atomic mass is 10.1. The summed E-state index contributed by atoms with van der Waals surface area (Å²) in [6.45, 7) is 2.79. The van der Waals surface area contributed by atoms with Gasteiger partial charge in [-0.15, -0.1) is 0 Å². The molecule has 1 amide bonds. The number of aryl methyl sites for hydroxylation is 1. The van der Waals surface area contributed by atoms with Gasteiger partial charge in [0.25, 0.3) is 5.91 Å². The van der Waals surface area contributed by atoms with Gasteiger partial charge in [-0.05, 0) is 29.7 Å². The zero-order valence-corrected chi connectivity index (χ0v) is 12.1. The van der Waals surface area contributed by atoms with Gasteiger partial charge in [0, 0.05) is 18.3 Å². The van der Waals surface area contributed by atoms with Crippen LogP contribution in [0.4, 0.5) is 5.69 Å². The first-order chi connectivity index (χ1) is 10.2. The fraction of sp³-hybridized carbons (Fsp3) is 0.235. The van der Waals surface area contributed by atoms with Crippen molar-refractivity contribution in [2.75, 3.05) is 11.9 Å². The highest BCUT2D eigenvalue weighted by Gasteiger charge is 2.02. The smallest absolute Gasteiger partial charge is 0.255 e. The second-order valence-electron chi connectivity index (χ2n) is 4.76. The number of primary amides is 1. The van der Waals surface area contributed by atoms with Gasteiger partial charge in [-0.3, -0.25) is 4.79 Å². The standard InChI is InChI=1S/C17H20N2O2/c1-2-13-6-3-4-7-14(13)11-19-15-8-5-9-16(10-15)21-12-17(18)20/h3-10,19H,2,11-12H2,1H3,(H2,18,20). The molecule has 0 unspecified atom stereocenters. The predicted molar refractivity (Wildman–Crippen MR) is 84.3 cm³/mol. The Labute approximate surface area is 124 Å². The van der Waals surface area contributed by atoms with Crippen LogP contribution in [0.3, 0.4) is 0 Å². The Morgan fingerprint density at radius 2 is 1.90 bits per heavy atom. The number of carbonyl (C=O) groups is 1. The monoisotopic (exact) mass is 284 g/mol. The molecule has 0 bridgehead atoms. The molecule has 0 saturated heterocycles. The molecular weight excluding hydrogens is 264 g/mol. The fourth-order valence-corrected chi connectivity index (χ4v) is 2.12. The molecule has 4 nitrogen and oxygen atoms in total. The van der Waals surface area contributed by atoms with E-state index in [4.69, 9.17) is 10.5 Å². The summed E-state index contributed by atoms with van der Waals surface area (Å²) in [7, 11) is 0. The van der Waals surface area contributed by atoms with E-state index in [1.54, 1.807) is 6.07 Å². The molecule has 0 aliphatic rings. The van der Waals surface area contributed by atoms with Gasteiger partial charge in [0.1, 0.15) is 5.75 Å². The van der Waals surface area contributed by atoms with Gasteiger partial charge < -0.3 is 15.8 Å². The molecular formula is C17H20N2O2. The Balaban J connectivity index is 1.99. The number of carbonyl (C=O) groups excluding carboxylic acids is 1. The van der Waals surface area contributed by atoms with Gasteiger partial charge in [-0.2, -0.15) is 0 Å². The maximum absolute atomic E-state index is 10.7. The van der Waals surface area contributed by atoms with Crippen molar-refractivity contribution in [1.29, 1.82) is 0 Å². The van der Waals surface area contributed by atoms with E-state index >= 15 is 0 Å². The highest BCUT2D eigenvalue weighted by molar-refractivity contribution is 5.75. The van der Waals surface area contributed by atoms with Crippen LogP contribution in [0.2, 0.25) is 0 Å². The number of nitrogens with one attached hydrogen (secondary N) is 1. The Morgan fingerprint density at radius 1 is 1.14 bits per heavy atom. The highest BCUT2D eigenvalue weighted by atomic mass is 16.5. The summed E-state index contributed by atoms with van der Waals surface area (Å²) in [5, 5.41) is 3.37. The molecule has 0 saturated carbocycles. The van der Waals surface area contributed by atoms with Crippen molar-refractivity contribution in [2.24, 2.45) is 5.73 Å². The molecule has 2 rings (SSSR count). The van der Waals surface area contributed by atoms with Gasteiger partial charge >= 0.3 is 0 Å². The SMILES string of the molecule is CCc1ccccc1CNc1cccc(OCC(N)=O)c1. The molecule has 2 aromatic rings. The second kappa shape index (κ2) is 7.33. The third-order valence-electron chi connectivity index (χ3n) is 3.20.